The van der Waals surface area contributed by atoms with Gasteiger partial charge in [0.05, 0.1) is 0 Å². The van der Waals surface area contributed by atoms with Crippen molar-refractivity contribution in [1.82, 2.24) is 9.80 Å². The number of amides is 1. The topological polar surface area (TPSA) is 45.1 Å². The number of piperazine rings is 1. The maximum absolute atomic E-state index is 12.4. The van der Waals surface area contributed by atoms with Gasteiger partial charge in [-0.3, -0.25) is 4.99 Å². The summed E-state index contributed by atoms with van der Waals surface area (Å²) in [7, 11) is 0. The summed E-state index contributed by atoms with van der Waals surface area (Å²) in [6.07, 6.45) is 8.05. The van der Waals surface area contributed by atoms with Gasteiger partial charge in [-0.05, 0) is 65.9 Å². The van der Waals surface area contributed by atoms with Gasteiger partial charge in [0.15, 0.2) is 0 Å². The van der Waals surface area contributed by atoms with Crippen LogP contribution in [0.3, 0.4) is 0 Å². The van der Waals surface area contributed by atoms with Crippen LogP contribution in [0.15, 0.2) is 40.2 Å². The van der Waals surface area contributed by atoms with E-state index in [0.717, 1.165) is 31.6 Å². The van der Waals surface area contributed by atoms with Crippen molar-refractivity contribution in [2.45, 2.75) is 80.8 Å². The van der Waals surface area contributed by atoms with Crippen LogP contribution >= 0.6 is 0 Å². The van der Waals surface area contributed by atoms with E-state index < -0.39 is 5.60 Å². The molecule has 5 heteroatoms. The summed E-state index contributed by atoms with van der Waals surface area (Å²) < 4.78 is 5.54. The van der Waals surface area contributed by atoms with Gasteiger partial charge in [-0.1, -0.05) is 32.9 Å². The fourth-order valence-electron chi connectivity index (χ4n) is 3.62. The molecule has 0 radical (unpaired) electrons. The van der Waals surface area contributed by atoms with E-state index in [9.17, 15) is 4.79 Å². The van der Waals surface area contributed by atoms with Crippen LogP contribution < -0.4 is 0 Å². The van der Waals surface area contributed by atoms with Crippen molar-refractivity contribution in [3.05, 3.63) is 35.2 Å². The van der Waals surface area contributed by atoms with Crippen LogP contribution in [-0.4, -0.2) is 53.4 Å². The van der Waals surface area contributed by atoms with Gasteiger partial charge in [0.2, 0.25) is 0 Å². The molecule has 0 aromatic heterocycles. The highest BCUT2D eigenvalue weighted by Gasteiger charge is 2.27. The van der Waals surface area contributed by atoms with E-state index in [4.69, 9.17) is 9.73 Å². The second-order valence-electron chi connectivity index (χ2n) is 8.98. The van der Waals surface area contributed by atoms with Gasteiger partial charge < -0.3 is 14.5 Å². The molecule has 1 fully saturated rings. The minimum atomic E-state index is -0.464. The molecule has 170 valence electrons. The molecule has 1 unspecified atom stereocenters. The molecule has 1 heterocycles. The van der Waals surface area contributed by atoms with E-state index in [1.807, 2.05) is 31.9 Å². The average Bonchev–Trinajstić information content (AvgIpc) is 2.69. The Morgan fingerprint density at radius 2 is 1.67 bits per heavy atom. The molecule has 0 spiro atoms. The zero-order chi connectivity index (χ0) is 22.9. The number of carbonyl (C=O) groups excluding carboxylic acids is 1. The lowest BCUT2D eigenvalue weighted by Crippen LogP contribution is -2.49. The van der Waals surface area contributed by atoms with Crippen molar-refractivity contribution >= 4 is 11.8 Å². The van der Waals surface area contributed by atoms with Crippen LogP contribution in [0.1, 0.15) is 75.2 Å². The van der Waals surface area contributed by atoms with E-state index in [0.29, 0.717) is 19.0 Å². The zero-order valence-corrected chi connectivity index (χ0v) is 20.7. The third kappa shape index (κ3) is 7.66. The SMILES string of the molecule is C\C=C(C(/C(C)=N/C=C/CC)=C(/C)N1CCN(C(=O)OC(C)(C)C)CC1)\C(C)CC. The summed E-state index contributed by atoms with van der Waals surface area (Å²) in [5.41, 5.74) is 4.39. The molecule has 1 aliphatic heterocycles. The van der Waals surface area contributed by atoms with Crippen molar-refractivity contribution in [3.8, 4) is 0 Å². The summed E-state index contributed by atoms with van der Waals surface area (Å²) >= 11 is 0. The van der Waals surface area contributed by atoms with Crippen molar-refractivity contribution in [3.63, 3.8) is 0 Å². The molecular weight excluding hydrogens is 374 g/mol. The molecular formula is C25H43N3O2. The standard InChI is InChI=1S/C25H43N3O2/c1-10-13-14-26-20(5)23(22(12-3)19(4)11-2)21(6)27-15-17-28(18-16-27)24(29)30-25(7,8)9/h12-14,19H,10-11,15-18H2,1-9H3/b14-13+,22-12-,23-21-,26-20+. The van der Waals surface area contributed by atoms with Gasteiger partial charge in [-0.25, -0.2) is 4.79 Å². The van der Waals surface area contributed by atoms with Gasteiger partial charge in [-0.2, -0.15) is 0 Å². The van der Waals surface area contributed by atoms with Crippen LogP contribution in [-0.2, 0) is 4.74 Å². The van der Waals surface area contributed by atoms with Crippen molar-refractivity contribution in [2.24, 2.45) is 10.9 Å². The molecule has 0 saturated carbocycles. The minimum absolute atomic E-state index is 0.222. The first-order chi connectivity index (χ1) is 14.1. The summed E-state index contributed by atoms with van der Waals surface area (Å²) in [6, 6.07) is 0. The molecule has 1 amide bonds. The lowest BCUT2D eigenvalue weighted by atomic mass is 9.87. The summed E-state index contributed by atoms with van der Waals surface area (Å²) in [5, 5.41) is 0. The second-order valence-corrected chi connectivity index (χ2v) is 8.98. The maximum atomic E-state index is 12.4. The third-order valence-electron chi connectivity index (χ3n) is 5.48. The molecule has 0 bridgehead atoms. The fraction of sp³-hybridized carbons (Fsp3) is 0.680. The highest BCUT2D eigenvalue weighted by molar-refractivity contribution is 6.03. The Kier molecular flexibility index (Phi) is 10.4. The van der Waals surface area contributed by atoms with Crippen LogP contribution in [0.2, 0.25) is 0 Å². The summed E-state index contributed by atoms with van der Waals surface area (Å²) in [6.45, 7) is 21.7. The maximum Gasteiger partial charge on any atom is 0.410 e. The number of rotatable bonds is 7. The number of aliphatic imine (C=N–C) groups is 1. The number of hydrogen-bond acceptors (Lipinski definition) is 4. The van der Waals surface area contributed by atoms with Gasteiger partial charge in [0, 0.05) is 49.4 Å². The molecule has 0 aromatic carbocycles. The van der Waals surface area contributed by atoms with Crippen molar-refractivity contribution in [1.29, 1.82) is 0 Å². The Labute approximate surface area is 184 Å². The first-order valence-electron chi connectivity index (χ1n) is 11.4. The highest BCUT2D eigenvalue weighted by Crippen LogP contribution is 2.28. The molecule has 1 rings (SSSR count). The number of carbonyl (C=O) groups is 1. The van der Waals surface area contributed by atoms with E-state index in [-0.39, 0.29) is 6.09 Å². The Bertz CT molecular complexity index is 688. The minimum Gasteiger partial charge on any atom is -0.444 e. The van der Waals surface area contributed by atoms with Gasteiger partial charge in [0.25, 0.3) is 0 Å². The average molecular weight is 418 g/mol. The molecule has 1 aliphatic rings. The second kappa shape index (κ2) is 12.0. The molecule has 0 aliphatic carbocycles. The van der Waals surface area contributed by atoms with E-state index in [1.165, 1.54) is 16.8 Å². The number of ether oxygens (including phenoxy) is 1. The van der Waals surface area contributed by atoms with Crippen molar-refractivity contribution < 1.29 is 9.53 Å². The number of allylic oxidation sites excluding steroid dienone is 5. The summed E-state index contributed by atoms with van der Waals surface area (Å²) in [4.78, 5) is 21.3. The van der Waals surface area contributed by atoms with E-state index in [1.54, 1.807) is 0 Å². The highest BCUT2D eigenvalue weighted by atomic mass is 16.6. The Morgan fingerprint density at radius 1 is 1.10 bits per heavy atom. The first-order valence-corrected chi connectivity index (χ1v) is 11.4. The van der Waals surface area contributed by atoms with Crippen LogP contribution in [0.25, 0.3) is 0 Å². The predicted octanol–water partition coefficient (Wildman–Crippen LogP) is 6.19. The molecule has 0 aromatic rings. The molecule has 1 saturated heterocycles. The smallest absolute Gasteiger partial charge is 0.410 e. The first kappa shape index (κ1) is 26.0. The number of nitrogens with zero attached hydrogens (tertiary/aromatic N) is 3. The van der Waals surface area contributed by atoms with Gasteiger partial charge in [-0.15, -0.1) is 0 Å². The molecule has 0 N–H and O–H groups in total. The molecule has 30 heavy (non-hydrogen) atoms. The zero-order valence-electron chi connectivity index (χ0n) is 20.7. The largest absolute Gasteiger partial charge is 0.444 e. The lowest BCUT2D eigenvalue weighted by molar-refractivity contribution is 0.0168. The van der Waals surface area contributed by atoms with E-state index >= 15 is 0 Å². The Hall–Kier alpha value is -2.04. The molecule has 5 nitrogen and oxygen atoms in total. The van der Waals surface area contributed by atoms with Crippen molar-refractivity contribution in [2.75, 3.05) is 26.2 Å². The Balaban J connectivity index is 3.14. The van der Waals surface area contributed by atoms with Gasteiger partial charge in [0.1, 0.15) is 5.60 Å². The van der Waals surface area contributed by atoms with Crippen LogP contribution in [0.4, 0.5) is 4.79 Å². The lowest BCUT2D eigenvalue weighted by Gasteiger charge is -2.38. The summed E-state index contributed by atoms with van der Waals surface area (Å²) in [5.74, 6) is 0.461. The normalized spacial score (nSPS) is 18.6. The predicted molar refractivity (Wildman–Crippen MR) is 128 cm³/mol. The molecule has 1 atom stereocenters. The monoisotopic (exact) mass is 417 g/mol. The Morgan fingerprint density at radius 3 is 2.13 bits per heavy atom. The van der Waals surface area contributed by atoms with Gasteiger partial charge >= 0.3 is 6.09 Å². The fourth-order valence-corrected chi connectivity index (χ4v) is 3.62. The quantitative estimate of drug-likeness (QED) is 0.366. The van der Waals surface area contributed by atoms with Crippen LogP contribution in [0, 0.1) is 5.92 Å². The van der Waals surface area contributed by atoms with Crippen LogP contribution in [0.5, 0.6) is 0 Å². The number of hydrogen-bond donors (Lipinski definition) is 0. The van der Waals surface area contributed by atoms with E-state index in [2.05, 4.69) is 58.6 Å². The third-order valence-corrected chi connectivity index (χ3v) is 5.48.